The first-order valence-electron chi connectivity index (χ1n) is 7.38. The van der Waals surface area contributed by atoms with Gasteiger partial charge in [-0.3, -0.25) is 0 Å². The molecule has 0 saturated heterocycles. The minimum absolute atomic E-state index is 0.165. The third kappa shape index (κ3) is 6.17. The lowest BCUT2D eigenvalue weighted by atomic mass is 9.94. The summed E-state index contributed by atoms with van der Waals surface area (Å²) in [5.41, 5.74) is 0.165. The average Bonchev–Trinajstić information content (AvgIpc) is 2.33. The first-order valence-corrected chi connectivity index (χ1v) is 7.38. The highest BCUT2D eigenvalue weighted by Gasteiger charge is 2.24. The van der Waals surface area contributed by atoms with Gasteiger partial charge in [-0.2, -0.15) is 0 Å². The molecule has 0 spiro atoms. The molecule has 18 heavy (non-hydrogen) atoms. The Hall–Kier alpha value is -0.120. The summed E-state index contributed by atoms with van der Waals surface area (Å²) >= 11 is 0. The van der Waals surface area contributed by atoms with E-state index in [1.54, 1.807) is 0 Å². The van der Waals surface area contributed by atoms with Crippen molar-refractivity contribution < 1.29 is 9.47 Å². The van der Waals surface area contributed by atoms with Crippen molar-refractivity contribution in [1.82, 2.24) is 5.32 Å². The summed E-state index contributed by atoms with van der Waals surface area (Å²) in [5.74, 6) is 0. The number of hydrogen-bond acceptors (Lipinski definition) is 3. The van der Waals surface area contributed by atoms with E-state index in [1.165, 1.54) is 19.3 Å². The predicted octanol–water partition coefficient (Wildman–Crippen LogP) is 3.13. The number of ether oxygens (including phenoxy) is 2. The molecule has 0 bridgehead atoms. The Labute approximate surface area is 113 Å². The normalized spacial score (nSPS) is 27.2. The molecule has 0 aromatic carbocycles. The molecule has 0 radical (unpaired) electrons. The Morgan fingerprint density at radius 1 is 1.22 bits per heavy atom. The first kappa shape index (κ1) is 15.9. The number of methoxy groups -OCH3 is 1. The summed E-state index contributed by atoms with van der Waals surface area (Å²) < 4.78 is 11.7. The van der Waals surface area contributed by atoms with E-state index in [0.29, 0.717) is 18.3 Å². The smallest absolute Gasteiger partial charge is 0.0700 e. The molecule has 3 heteroatoms. The van der Waals surface area contributed by atoms with Gasteiger partial charge in [-0.05, 0) is 52.9 Å². The van der Waals surface area contributed by atoms with E-state index in [0.717, 1.165) is 19.4 Å². The molecule has 1 aliphatic rings. The van der Waals surface area contributed by atoms with Crippen LogP contribution in [0.3, 0.4) is 0 Å². The van der Waals surface area contributed by atoms with Gasteiger partial charge < -0.3 is 14.8 Å². The van der Waals surface area contributed by atoms with Crippen LogP contribution in [-0.2, 0) is 9.47 Å². The van der Waals surface area contributed by atoms with E-state index < -0.39 is 0 Å². The minimum Gasteiger partial charge on any atom is -0.381 e. The van der Waals surface area contributed by atoms with Gasteiger partial charge in [-0.25, -0.2) is 0 Å². The van der Waals surface area contributed by atoms with Gasteiger partial charge in [0.05, 0.1) is 18.3 Å². The number of rotatable bonds is 6. The summed E-state index contributed by atoms with van der Waals surface area (Å²) in [7, 11) is 1.81. The van der Waals surface area contributed by atoms with Crippen molar-refractivity contribution in [3.63, 3.8) is 0 Å². The highest BCUT2D eigenvalue weighted by Crippen LogP contribution is 2.24. The number of nitrogens with one attached hydrogen (secondary N) is 1. The zero-order valence-electron chi connectivity index (χ0n) is 12.8. The monoisotopic (exact) mass is 257 g/mol. The van der Waals surface area contributed by atoms with E-state index >= 15 is 0 Å². The lowest BCUT2D eigenvalue weighted by molar-refractivity contribution is -0.0661. The van der Waals surface area contributed by atoms with Crippen LogP contribution in [0.25, 0.3) is 0 Å². The molecule has 1 aliphatic carbocycles. The van der Waals surface area contributed by atoms with Crippen LogP contribution in [0.4, 0.5) is 0 Å². The van der Waals surface area contributed by atoms with Crippen LogP contribution < -0.4 is 5.32 Å². The third-order valence-corrected chi connectivity index (χ3v) is 3.61. The van der Waals surface area contributed by atoms with E-state index in [1.807, 2.05) is 7.11 Å². The van der Waals surface area contributed by atoms with E-state index in [-0.39, 0.29) is 5.54 Å². The van der Waals surface area contributed by atoms with Crippen molar-refractivity contribution in [3.8, 4) is 0 Å². The van der Waals surface area contributed by atoms with Gasteiger partial charge in [0.1, 0.15) is 0 Å². The van der Waals surface area contributed by atoms with E-state index in [2.05, 4.69) is 33.0 Å². The molecule has 0 amide bonds. The van der Waals surface area contributed by atoms with Gasteiger partial charge in [0.15, 0.2) is 0 Å². The maximum Gasteiger partial charge on any atom is 0.0700 e. The molecule has 3 nitrogen and oxygen atoms in total. The Balaban J connectivity index is 2.33. The average molecular weight is 257 g/mol. The Bertz CT molecular complexity index is 225. The van der Waals surface area contributed by atoms with Crippen molar-refractivity contribution in [3.05, 3.63) is 0 Å². The first-order chi connectivity index (χ1) is 8.44. The minimum atomic E-state index is 0.165. The quantitative estimate of drug-likeness (QED) is 0.793. The molecule has 0 heterocycles. The zero-order valence-corrected chi connectivity index (χ0v) is 12.8. The highest BCUT2D eigenvalue weighted by atomic mass is 16.5. The molecular weight excluding hydrogens is 226 g/mol. The molecule has 0 aromatic rings. The summed E-state index contributed by atoms with van der Waals surface area (Å²) in [6, 6.07) is 0. The van der Waals surface area contributed by atoms with E-state index in [9.17, 15) is 0 Å². The fourth-order valence-electron chi connectivity index (χ4n) is 2.42. The summed E-state index contributed by atoms with van der Waals surface area (Å²) in [4.78, 5) is 0. The van der Waals surface area contributed by atoms with Crippen molar-refractivity contribution >= 4 is 0 Å². The van der Waals surface area contributed by atoms with Crippen molar-refractivity contribution in [2.45, 2.75) is 83.6 Å². The SMILES string of the molecule is CCC(CNC(C)(C)C)OC1CCCC(OC)C1. The molecule has 1 fully saturated rings. The van der Waals surface area contributed by atoms with Crippen LogP contribution >= 0.6 is 0 Å². The highest BCUT2D eigenvalue weighted by molar-refractivity contribution is 4.77. The fourth-order valence-corrected chi connectivity index (χ4v) is 2.42. The molecule has 0 aromatic heterocycles. The molecule has 0 aliphatic heterocycles. The van der Waals surface area contributed by atoms with E-state index in [4.69, 9.17) is 9.47 Å². The maximum absolute atomic E-state index is 6.23. The van der Waals surface area contributed by atoms with Crippen LogP contribution in [0.5, 0.6) is 0 Å². The van der Waals surface area contributed by atoms with Crippen molar-refractivity contribution in [1.29, 1.82) is 0 Å². The molecule has 3 unspecified atom stereocenters. The molecule has 1 saturated carbocycles. The summed E-state index contributed by atoms with van der Waals surface area (Å²) in [6.07, 6.45) is 6.84. The lowest BCUT2D eigenvalue weighted by Gasteiger charge is -2.32. The standard InChI is InChI=1S/C15H31NO2/c1-6-12(11-16-15(2,3)4)18-14-9-7-8-13(10-14)17-5/h12-14,16H,6-11H2,1-5H3. The predicted molar refractivity (Wildman–Crippen MR) is 76.0 cm³/mol. The number of hydrogen-bond donors (Lipinski definition) is 1. The molecule has 1 N–H and O–H groups in total. The largest absolute Gasteiger partial charge is 0.381 e. The van der Waals surface area contributed by atoms with Crippen LogP contribution in [0.15, 0.2) is 0 Å². The van der Waals surface area contributed by atoms with Crippen LogP contribution in [0.1, 0.15) is 59.8 Å². The second-order valence-corrected chi connectivity index (χ2v) is 6.44. The molecule has 108 valence electrons. The molecular formula is C15H31NO2. The Kier molecular flexibility index (Phi) is 6.61. The fraction of sp³-hybridized carbons (Fsp3) is 1.00. The molecule has 1 rings (SSSR count). The summed E-state index contributed by atoms with van der Waals surface area (Å²) in [6.45, 7) is 9.73. The summed E-state index contributed by atoms with van der Waals surface area (Å²) in [5, 5.41) is 3.53. The third-order valence-electron chi connectivity index (χ3n) is 3.61. The van der Waals surface area contributed by atoms with Gasteiger partial charge in [0.25, 0.3) is 0 Å². The van der Waals surface area contributed by atoms with Crippen LogP contribution in [0, 0.1) is 0 Å². The van der Waals surface area contributed by atoms with Gasteiger partial charge in [0, 0.05) is 19.2 Å². The second kappa shape index (κ2) is 7.46. The van der Waals surface area contributed by atoms with Gasteiger partial charge in [0.2, 0.25) is 0 Å². The van der Waals surface area contributed by atoms with Gasteiger partial charge >= 0.3 is 0 Å². The Morgan fingerprint density at radius 3 is 2.44 bits per heavy atom. The van der Waals surface area contributed by atoms with Gasteiger partial charge in [-0.1, -0.05) is 6.92 Å². The van der Waals surface area contributed by atoms with Crippen LogP contribution in [0.2, 0.25) is 0 Å². The zero-order chi connectivity index (χ0) is 13.6. The maximum atomic E-state index is 6.23. The van der Waals surface area contributed by atoms with Crippen LogP contribution in [-0.4, -0.2) is 37.5 Å². The van der Waals surface area contributed by atoms with Crippen molar-refractivity contribution in [2.75, 3.05) is 13.7 Å². The second-order valence-electron chi connectivity index (χ2n) is 6.44. The topological polar surface area (TPSA) is 30.5 Å². The Morgan fingerprint density at radius 2 is 1.89 bits per heavy atom. The van der Waals surface area contributed by atoms with Crippen molar-refractivity contribution in [2.24, 2.45) is 0 Å². The lowest BCUT2D eigenvalue weighted by Crippen LogP contribution is -2.43. The molecule has 3 atom stereocenters. The van der Waals surface area contributed by atoms with Gasteiger partial charge in [-0.15, -0.1) is 0 Å².